The normalized spacial score (nSPS) is 11.9. The molecule has 1 N–H and O–H groups in total. The van der Waals surface area contributed by atoms with Crippen molar-refractivity contribution in [3.05, 3.63) is 54.1 Å². The van der Waals surface area contributed by atoms with Gasteiger partial charge in [-0.2, -0.15) is 0 Å². The summed E-state index contributed by atoms with van der Waals surface area (Å²) in [7, 11) is 3.60. The zero-order chi connectivity index (χ0) is 13.7. The highest BCUT2D eigenvalue weighted by atomic mass is 16.5. The monoisotopic (exact) mass is 257 g/mol. The van der Waals surface area contributed by atoms with Gasteiger partial charge in [0.25, 0.3) is 0 Å². The summed E-state index contributed by atoms with van der Waals surface area (Å²) in [6, 6.07) is 16.0. The molecule has 0 aliphatic carbocycles. The van der Waals surface area contributed by atoms with Gasteiger partial charge in [0.05, 0.1) is 7.11 Å². The van der Waals surface area contributed by atoms with Gasteiger partial charge in [-0.25, -0.2) is 0 Å². The van der Waals surface area contributed by atoms with Crippen LogP contribution in [0.25, 0.3) is 0 Å². The highest BCUT2D eigenvalue weighted by Crippen LogP contribution is 2.26. The average molecular weight is 257 g/mol. The Balaban J connectivity index is 2.10. The quantitative estimate of drug-likeness (QED) is 0.884. The summed E-state index contributed by atoms with van der Waals surface area (Å²) in [5, 5.41) is 3.21. The smallest absolute Gasteiger partial charge is 0.131 e. The van der Waals surface area contributed by atoms with Crippen molar-refractivity contribution >= 4 is 0 Å². The van der Waals surface area contributed by atoms with E-state index < -0.39 is 0 Å². The summed E-state index contributed by atoms with van der Waals surface area (Å²) in [5.41, 5.74) is 1.24. The Bertz CT molecular complexity index is 523. The van der Waals surface area contributed by atoms with Gasteiger partial charge < -0.3 is 14.8 Å². The molecule has 19 heavy (non-hydrogen) atoms. The van der Waals surface area contributed by atoms with E-state index in [1.807, 2.05) is 43.4 Å². The van der Waals surface area contributed by atoms with Crippen molar-refractivity contribution in [1.82, 2.24) is 5.32 Å². The molecule has 0 aromatic heterocycles. The van der Waals surface area contributed by atoms with Crippen LogP contribution in [0.15, 0.2) is 48.5 Å². The molecule has 3 nitrogen and oxygen atoms in total. The topological polar surface area (TPSA) is 30.5 Å². The Kier molecular flexibility index (Phi) is 4.42. The number of methoxy groups -OCH3 is 1. The third-order valence-electron chi connectivity index (χ3n) is 3.09. The second kappa shape index (κ2) is 6.25. The molecule has 1 unspecified atom stereocenters. The second-order valence-corrected chi connectivity index (χ2v) is 4.36. The van der Waals surface area contributed by atoms with Crippen LogP contribution < -0.4 is 14.8 Å². The van der Waals surface area contributed by atoms with Crippen LogP contribution >= 0.6 is 0 Å². The fraction of sp³-hybridized carbons (Fsp3) is 0.250. The van der Waals surface area contributed by atoms with Crippen molar-refractivity contribution in [2.24, 2.45) is 0 Å². The van der Waals surface area contributed by atoms with Gasteiger partial charge in [-0.3, -0.25) is 0 Å². The summed E-state index contributed by atoms with van der Waals surface area (Å²) in [5.74, 6) is 2.38. The van der Waals surface area contributed by atoms with Crippen molar-refractivity contribution in [1.29, 1.82) is 0 Å². The third-order valence-corrected chi connectivity index (χ3v) is 3.09. The van der Waals surface area contributed by atoms with Crippen LogP contribution in [-0.2, 0) is 0 Å². The first-order valence-electron chi connectivity index (χ1n) is 6.32. The molecule has 0 saturated carbocycles. The van der Waals surface area contributed by atoms with Crippen LogP contribution in [0.4, 0.5) is 0 Å². The average Bonchev–Trinajstić information content (AvgIpc) is 2.47. The van der Waals surface area contributed by atoms with E-state index in [0.717, 1.165) is 17.2 Å². The molecule has 0 bridgehead atoms. The highest BCUT2D eigenvalue weighted by Gasteiger charge is 2.03. The van der Waals surface area contributed by atoms with Gasteiger partial charge in [0.1, 0.15) is 17.2 Å². The minimum Gasteiger partial charge on any atom is -0.497 e. The molecule has 0 heterocycles. The lowest BCUT2D eigenvalue weighted by atomic mass is 10.1. The molecular formula is C16H19NO2. The zero-order valence-electron chi connectivity index (χ0n) is 11.5. The zero-order valence-corrected chi connectivity index (χ0v) is 11.5. The summed E-state index contributed by atoms with van der Waals surface area (Å²) in [6.07, 6.45) is 0. The van der Waals surface area contributed by atoms with E-state index in [4.69, 9.17) is 9.47 Å². The number of nitrogens with one attached hydrogen (secondary N) is 1. The molecular weight excluding hydrogens is 238 g/mol. The number of rotatable bonds is 5. The number of hydrogen-bond acceptors (Lipinski definition) is 3. The van der Waals surface area contributed by atoms with E-state index >= 15 is 0 Å². The number of hydrogen-bond donors (Lipinski definition) is 1. The maximum atomic E-state index is 5.79. The standard InChI is InChI=1S/C16H19NO2/c1-12(17-2)13-7-9-14(10-8-13)19-16-6-4-5-15(11-16)18-3/h4-12,17H,1-3H3. The largest absolute Gasteiger partial charge is 0.497 e. The van der Waals surface area contributed by atoms with Gasteiger partial charge in [-0.15, -0.1) is 0 Å². The third kappa shape index (κ3) is 3.48. The molecule has 0 radical (unpaired) electrons. The van der Waals surface area contributed by atoms with Gasteiger partial charge in [-0.1, -0.05) is 18.2 Å². The van der Waals surface area contributed by atoms with Crippen LogP contribution in [-0.4, -0.2) is 14.2 Å². The lowest BCUT2D eigenvalue weighted by molar-refractivity contribution is 0.409. The molecule has 0 saturated heterocycles. The van der Waals surface area contributed by atoms with Crippen molar-refractivity contribution in [2.75, 3.05) is 14.2 Å². The lowest BCUT2D eigenvalue weighted by Gasteiger charge is -2.12. The maximum absolute atomic E-state index is 5.79. The first kappa shape index (κ1) is 13.4. The Morgan fingerprint density at radius 1 is 0.947 bits per heavy atom. The molecule has 2 rings (SSSR count). The predicted molar refractivity (Wildman–Crippen MR) is 77.0 cm³/mol. The predicted octanol–water partition coefficient (Wildman–Crippen LogP) is 3.77. The van der Waals surface area contributed by atoms with Gasteiger partial charge in [0.15, 0.2) is 0 Å². The fourth-order valence-corrected chi connectivity index (χ4v) is 1.79. The summed E-state index contributed by atoms with van der Waals surface area (Å²) in [4.78, 5) is 0. The molecule has 0 aliphatic heterocycles. The van der Waals surface area contributed by atoms with Gasteiger partial charge in [0, 0.05) is 12.1 Å². The molecule has 100 valence electrons. The van der Waals surface area contributed by atoms with Crippen molar-refractivity contribution in [3.63, 3.8) is 0 Å². The van der Waals surface area contributed by atoms with Crippen LogP contribution in [0.5, 0.6) is 17.2 Å². The van der Waals surface area contributed by atoms with Crippen LogP contribution in [0.1, 0.15) is 18.5 Å². The minimum atomic E-state index is 0.339. The van der Waals surface area contributed by atoms with Gasteiger partial charge >= 0.3 is 0 Å². The minimum absolute atomic E-state index is 0.339. The van der Waals surface area contributed by atoms with Crippen LogP contribution in [0.2, 0.25) is 0 Å². The van der Waals surface area contributed by atoms with Crippen LogP contribution in [0, 0.1) is 0 Å². The lowest BCUT2D eigenvalue weighted by Crippen LogP contribution is -2.11. The Morgan fingerprint density at radius 3 is 2.26 bits per heavy atom. The number of benzene rings is 2. The Morgan fingerprint density at radius 2 is 1.63 bits per heavy atom. The first-order valence-corrected chi connectivity index (χ1v) is 6.32. The molecule has 2 aromatic carbocycles. The van der Waals surface area contributed by atoms with E-state index in [0.29, 0.717) is 6.04 Å². The molecule has 0 amide bonds. The molecule has 1 atom stereocenters. The second-order valence-electron chi connectivity index (χ2n) is 4.36. The number of ether oxygens (including phenoxy) is 2. The molecule has 2 aromatic rings. The summed E-state index contributed by atoms with van der Waals surface area (Å²) >= 11 is 0. The highest BCUT2D eigenvalue weighted by molar-refractivity contribution is 5.37. The molecule has 3 heteroatoms. The van der Waals surface area contributed by atoms with E-state index in [9.17, 15) is 0 Å². The maximum Gasteiger partial charge on any atom is 0.131 e. The summed E-state index contributed by atoms with van der Waals surface area (Å²) < 4.78 is 11.0. The van der Waals surface area contributed by atoms with Gasteiger partial charge in [0.2, 0.25) is 0 Å². The van der Waals surface area contributed by atoms with E-state index in [2.05, 4.69) is 24.4 Å². The fourth-order valence-electron chi connectivity index (χ4n) is 1.79. The van der Waals surface area contributed by atoms with Crippen molar-refractivity contribution in [2.45, 2.75) is 13.0 Å². The SMILES string of the molecule is CNC(C)c1ccc(Oc2cccc(OC)c2)cc1. The first-order chi connectivity index (χ1) is 9.22. The van der Waals surface area contributed by atoms with Crippen LogP contribution in [0.3, 0.4) is 0 Å². The van der Waals surface area contributed by atoms with Crippen molar-refractivity contribution in [3.8, 4) is 17.2 Å². The van der Waals surface area contributed by atoms with Gasteiger partial charge in [-0.05, 0) is 43.8 Å². The Hall–Kier alpha value is -2.00. The van der Waals surface area contributed by atoms with Crippen molar-refractivity contribution < 1.29 is 9.47 Å². The van der Waals surface area contributed by atoms with E-state index in [1.165, 1.54) is 5.56 Å². The van der Waals surface area contributed by atoms with E-state index in [-0.39, 0.29) is 0 Å². The van der Waals surface area contributed by atoms with E-state index in [1.54, 1.807) is 7.11 Å². The molecule has 0 aliphatic rings. The summed E-state index contributed by atoms with van der Waals surface area (Å²) in [6.45, 7) is 2.12. The Labute approximate surface area is 114 Å². The molecule has 0 fully saturated rings. The molecule has 0 spiro atoms.